The van der Waals surface area contributed by atoms with E-state index in [4.69, 9.17) is 4.74 Å². The van der Waals surface area contributed by atoms with Crippen LogP contribution in [0.5, 0.6) is 0 Å². The van der Waals surface area contributed by atoms with Crippen molar-refractivity contribution in [3.05, 3.63) is 22.4 Å². The Kier molecular flexibility index (Phi) is 4.99. The van der Waals surface area contributed by atoms with Gasteiger partial charge in [0.2, 0.25) is 5.91 Å². The fraction of sp³-hybridized carbons (Fsp3) is 0.667. The van der Waals surface area contributed by atoms with Crippen molar-refractivity contribution in [3.63, 3.8) is 0 Å². The van der Waals surface area contributed by atoms with E-state index in [2.05, 4.69) is 36.0 Å². The Morgan fingerprint density at radius 3 is 3.11 bits per heavy atom. The maximum Gasteiger partial charge on any atom is 0.220 e. The lowest BCUT2D eigenvalue weighted by atomic mass is 9.88. The van der Waals surface area contributed by atoms with E-state index in [1.165, 1.54) is 5.56 Å². The summed E-state index contributed by atoms with van der Waals surface area (Å²) >= 11 is 1.68. The van der Waals surface area contributed by atoms with Crippen LogP contribution in [0.15, 0.2) is 16.8 Å². The second kappa shape index (κ2) is 6.53. The van der Waals surface area contributed by atoms with E-state index in [0.29, 0.717) is 12.3 Å². The number of amides is 1. The van der Waals surface area contributed by atoms with Gasteiger partial charge < -0.3 is 10.1 Å². The lowest BCUT2D eigenvalue weighted by Crippen LogP contribution is -2.39. The Balaban J connectivity index is 1.66. The van der Waals surface area contributed by atoms with Crippen LogP contribution in [0.4, 0.5) is 0 Å². The minimum absolute atomic E-state index is 0.0374. The van der Waals surface area contributed by atoms with Crippen LogP contribution < -0.4 is 5.32 Å². The molecule has 3 nitrogen and oxygen atoms in total. The van der Waals surface area contributed by atoms with E-state index in [-0.39, 0.29) is 11.5 Å². The largest absolute Gasteiger partial charge is 0.376 e. The average molecular weight is 281 g/mol. The van der Waals surface area contributed by atoms with Gasteiger partial charge >= 0.3 is 0 Å². The lowest BCUT2D eigenvalue weighted by Gasteiger charge is -2.35. The zero-order valence-corrected chi connectivity index (χ0v) is 12.6. The van der Waals surface area contributed by atoms with Crippen molar-refractivity contribution in [1.29, 1.82) is 0 Å². The van der Waals surface area contributed by atoms with Crippen LogP contribution in [-0.2, 0) is 16.0 Å². The maximum absolute atomic E-state index is 11.8. The highest BCUT2D eigenvalue weighted by atomic mass is 32.1. The van der Waals surface area contributed by atoms with Crippen molar-refractivity contribution >= 4 is 17.2 Å². The number of carbonyl (C=O) groups excluding carboxylic acids is 1. The molecule has 1 amide bonds. The molecule has 1 atom stereocenters. The summed E-state index contributed by atoms with van der Waals surface area (Å²) < 4.78 is 5.69. The molecule has 1 saturated heterocycles. The van der Waals surface area contributed by atoms with E-state index in [9.17, 15) is 4.79 Å². The van der Waals surface area contributed by atoms with Crippen LogP contribution in [0.3, 0.4) is 0 Å². The Morgan fingerprint density at radius 1 is 1.58 bits per heavy atom. The van der Waals surface area contributed by atoms with Crippen LogP contribution in [0.1, 0.15) is 38.7 Å². The molecule has 0 bridgehead atoms. The molecule has 0 saturated carbocycles. The zero-order valence-electron chi connectivity index (χ0n) is 11.8. The van der Waals surface area contributed by atoms with Crippen molar-refractivity contribution in [3.8, 4) is 0 Å². The summed E-state index contributed by atoms with van der Waals surface area (Å²) in [6.45, 7) is 5.84. The maximum atomic E-state index is 11.8. The molecule has 1 aliphatic heterocycles. The normalized spacial score (nSPS) is 22.1. The molecule has 1 unspecified atom stereocenters. The third-order valence-electron chi connectivity index (χ3n) is 3.61. The van der Waals surface area contributed by atoms with Crippen LogP contribution in [0.2, 0.25) is 0 Å². The van der Waals surface area contributed by atoms with Crippen molar-refractivity contribution in [1.82, 2.24) is 5.32 Å². The third kappa shape index (κ3) is 4.96. The Hall–Kier alpha value is -0.870. The summed E-state index contributed by atoms with van der Waals surface area (Å²) in [5.74, 6) is 0.712. The molecule has 0 radical (unpaired) electrons. The zero-order chi connectivity index (χ0) is 13.7. The van der Waals surface area contributed by atoms with Gasteiger partial charge in [-0.25, -0.2) is 0 Å². The molecule has 0 aliphatic carbocycles. The summed E-state index contributed by atoms with van der Waals surface area (Å²) in [5, 5.41) is 7.22. The van der Waals surface area contributed by atoms with Crippen LogP contribution in [-0.4, -0.2) is 24.7 Å². The first-order valence-electron chi connectivity index (χ1n) is 6.97. The van der Waals surface area contributed by atoms with Gasteiger partial charge in [0, 0.05) is 19.6 Å². The first-order chi connectivity index (χ1) is 9.05. The first-order valence-corrected chi connectivity index (χ1v) is 7.91. The van der Waals surface area contributed by atoms with Gasteiger partial charge in [-0.2, -0.15) is 11.3 Å². The Labute approximate surface area is 119 Å². The molecule has 0 aromatic carbocycles. The number of hydrogen-bond donors (Lipinski definition) is 1. The molecule has 1 aliphatic rings. The first kappa shape index (κ1) is 14.5. The Bertz CT molecular complexity index is 400. The van der Waals surface area contributed by atoms with E-state index < -0.39 is 0 Å². The molecular weight excluding hydrogens is 258 g/mol. The van der Waals surface area contributed by atoms with E-state index >= 15 is 0 Å². The lowest BCUT2D eigenvalue weighted by molar-refractivity contribution is -0.122. The molecular formula is C15H23NO2S. The smallest absolute Gasteiger partial charge is 0.220 e. The SMILES string of the molecule is CC1(C)CC(CNC(=O)CCc2ccsc2)CCO1. The number of carbonyl (C=O) groups is 1. The summed E-state index contributed by atoms with van der Waals surface area (Å²) in [5.41, 5.74) is 1.22. The third-order valence-corrected chi connectivity index (χ3v) is 4.34. The molecule has 1 aromatic heterocycles. The number of hydrogen-bond acceptors (Lipinski definition) is 3. The van der Waals surface area contributed by atoms with Crippen molar-refractivity contribution in [2.75, 3.05) is 13.2 Å². The van der Waals surface area contributed by atoms with Crippen molar-refractivity contribution in [2.24, 2.45) is 5.92 Å². The van der Waals surface area contributed by atoms with Gasteiger partial charge in [-0.3, -0.25) is 4.79 Å². The van der Waals surface area contributed by atoms with Gasteiger partial charge in [0.25, 0.3) is 0 Å². The molecule has 19 heavy (non-hydrogen) atoms. The summed E-state index contributed by atoms with van der Waals surface area (Å²) in [6, 6.07) is 2.08. The topological polar surface area (TPSA) is 38.3 Å². The van der Waals surface area contributed by atoms with Gasteiger partial charge in [0.15, 0.2) is 0 Å². The van der Waals surface area contributed by atoms with Crippen LogP contribution in [0.25, 0.3) is 0 Å². The fourth-order valence-electron chi connectivity index (χ4n) is 2.57. The molecule has 1 N–H and O–H groups in total. The van der Waals surface area contributed by atoms with Gasteiger partial charge in [-0.1, -0.05) is 0 Å². The molecule has 4 heteroatoms. The second-order valence-corrected chi connectivity index (χ2v) is 6.68. The van der Waals surface area contributed by atoms with Crippen molar-refractivity contribution < 1.29 is 9.53 Å². The van der Waals surface area contributed by atoms with E-state index in [1.54, 1.807) is 11.3 Å². The highest BCUT2D eigenvalue weighted by Gasteiger charge is 2.28. The van der Waals surface area contributed by atoms with Gasteiger partial charge in [-0.15, -0.1) is 0 Å². The van der Waals surface area contributed by atoms with E-state index in [0.717, 1.165) is 32.4 Å². The molecule has 0 spiro atoms. The summed E-state index contributed by atoms with van der Waals surface area (Å²) in [4.78, 5) is 11.8. The average Bonchev–Trinajstić information content (AvgIpc) is 2.86. The van der Waals surface area contributed by atoms with E-state index in [1.807, 2.05) is 0 Å². The number of thiophene rings is 1. The summed E-state index contributed by atoms with van der Waals surface area (Å²) in [7, 11) is 0. The molecule has 2 heterocycles. The number of ether oxygens (including phenoxy) is 1. The Morgan fingerprint density at radius 2 is 2.42 bits per heavy atom. The molecule has 2 rings (SSSR count). The van der Waals surface area contributed by atoms with Gasteiger partial charge in [0.1, 0.15) is 0 Å². The molecule has 1 aromatic rings. The number of rotatable bonds is 5. The predicted octanol–water partition coefficient (Wildman–Crippen LogP) is 3.00. The highest BCUT2D eigenvalue weighted by Crippen LogP contribution is 2.27. The fourth-order valence-corrected chi connectivity index (χ4v) is 3.27. The van der Waals surface area contributed by atoms with Crippen molar-refractivity contribution in [2.45, 2.75) is 45.1 Å². The molecule has 1 fully saturated rings. The van der Waals surface area contributed by atoms with Gasteiger partial charge in [-0.05, 0) is 61.4 Å². The number of nitrogens with one attached hydrogen (secondary N) is 1. The summed E-state index contributed by atoms with van der Waals surface area (Å²) in [6.07, 6.45) is 3.50. The minimum Gasteiger partial charge on any atom is -0.376 e. The highest BCUT2D eigenvalue weighted by molar-refractivity contribution is 7.07. The van der Waals surface area contributed by atoms with Gasteiger partial charge in [0.05, 0.1) is 5.60 Å². The minimum atomic E-state index is -0.0374. The van der Waals surface area contributed by atoms with Crippen LogP contribution >= 0.6 is 11.3 Å². The monoisotopic (exact) mass is 281 g/mol. The predicted molar refractivity (Wildman–Crippen MR) is 78.4 cm³/mol. The van der Waals surface area contributed by atoms with Crippen LogP contribution in [0, 0.1) is 5.92 Å². The second-order valence-electron chi connectivity index (χ2n) is 5.90. The standard InChI is InChI=1S/C15H23NO2S/c1-15(2)9-13(5-7-18-15)10-16-14(17)4-3-12-6-8-19-11-12/h6,8,11,13H,3-5,7,9-10H2,1-2H3,(H,16,17). The molecule has 106 valence electrons. The number of aryl methyl sites for hydroxylation is 1. The quantitative estimate of drug-likeness (QED) is 0.901.